The fraction of sp³-hybridized carbons (Fsp3) is 0.519. The zero-order chi connectivity index (χ0) is 23.4. The molecule has 1 heterocycles. The van der Waals surface area contributed by atoms with Crippen molar-refractivity contribution in [1.82, 2.24) is 0 Å². The number of rotatable bonds is 7. The number of nitrogens with one attached hydrogen (secondary N) is 1. The molecule has 1 aliphatic heterocycles. The van der Waals surface area contributed by atoms with E-state index in [0.29, 0.717) is 5.02 Å². The molecule has 0 aromatic heterocycles. The Morgan fingerprint density at radius 3 is 2.76 bits per heavy atom. The standard InChI is InChI=1S/C27H34ClNO4/c1-27(2,3)33-26(30)14-18-8-4-5-11-24(18)32-25-12-6-10-21-22(25)15-19(28)16-23(21)29-17-20-9-7-13-31-20/h4-5,8,11,15-16,20,25,29H,6-7,9-10,12-14,17H2,1-3H3. The van der Waals surface area contributed by atoms with Gasteiger partial charge in [0.25, 0.3) is 0 Å². The lowest BCUT2D eigenvalue weighted by atomic mass is 9.88. The summed E-state index contributed by atoms with van der Waals surface area (Å²) in [6.07, 6.45) is 5.46. The third kappa shape index (κ3) is 6.42. The van der Waals surface area contributed by atoms with Crippen LogP contribution in [0.4, 0.5) is 5.69 Å². The normalized spacial score (nSPS) is 20.2. The summed E-state index contributed by atoms with van der Waals surface area (Å²) in [6.45, 7) is 7.26. The first-order chi connectivity index (χ1) is 15.8. The van der Waals surface area contributed by atoms with E-state index in [0.717, 1.165) is 67.8 Å². The smallest absolute Gasteiger partial charge is 0.310 e. The SMILES string of the molecule is CC(C)(C)OC(=O)Cc1ccccc1OC1CCCc2c(NCC3CCCO3)cc(Cl)cc21. The van der Waals surface area contributed by atoms with Crippen LogP contribution in [-0.2, 0) is 27.1 Å². The minimum absolute atomic E-state index is 0.115. The van der Waals surface area contributed by atoms with Crippen LogP contribution in [-0.4, -0.2) is 30.8 Å². The molecule has 2 atom stereocenters. The highest BCUT2D eigenvalue weighted by Gasteiger charge is 2.27. The number of para-hydroxylation sites is 1. The first-order valence-electron chi connectivity index (χ1n) is 11.9. The van der Waals surface area contributed by atoms with Crippen LogP contribution in [0.2, 0.25) is 5.02 Å². The molecule has 1 N–H and O–H groups in total. The topological polar surface area (TPSA) is 56.8 Å². The third-order valence-electron chi connectivity index (χ3n) is 6.03. The summed E-state index contributed by atoms with van der Waals surface area (Å²) in [7, 11) is 0. The largest absolute Gasteiger partial charge is 0.485 e. The summed E-state index contributed by atoms with van der Waals surface area (Å²) >= 11 is 6.52. The minimum atomic E-state index is -0.515. The zero-order valence-corrected chi connectivity index (χ0v) is 20.5. The van der Waals surface area contributed by atoms with Crippen molar-refractivity contribution in [3.05, 3.63) is 58.1 Å². The molecule has 2 aromatic rings. The molecular weight excluding hydrogens is 438 g/mol. The molecule has 2 aliphatic rings. The molecule has 1 aliphatic carbocycles. The van der Waals surface area contributed by atoms with Crippen molar-refractivity contribution in [1.29, 1.82) is 0 Å². The molecule has 6 heteroatoms. The van der Waals surface area contributed by atoms with E-state index < -0.39 is 5.60 Å². The lowest BCUT2D eigenvalue weighted by Crippen LogP contribution is -2.25. The Balaban J connectivity index is 1.52. The van der Waals surface area contributed by atoms with Crippen LogP contribution in [0.5, 0.6) is 5.75 Å². The van der Waals surface area contributed by atoms with Crippen molar-refractivity contribution in [3.63, 3.8) is 0 Å². The Kier molecular flexibility index (Phi) is 7.50. The number of fused-ring (bicyclic) bond motifs is 1. The lowest BCUT2D eigenvalue weighted by molar-refractivity contribution is -0.153. The Morgan fingerprint density at radius 1 is 1.18 bits per heavy atom. The summed E-state index contributed by atoms with van der Waals surface area (Å²) in [5.41, 5.74) is 3.77. The van der Waals surface area contributed by atoms with Gasteiger partial charge in [0.05, 0.1) is 12.5 Å². The molecule has 1 saturated heterocycles. The Morgan fingerprint density at radius 2 is 2.00 bits per heavy atom. The number of esters is 1. The van der Waals surface area contributed by atoms with Crippen LogP contribution in [0.1, 0.15) is 69.2 Å². The maximum Gasteiger partial charge on any atom is 0.310 e. The van der Waals surface area contributed by atoms with Crippen molar-refractivity contribution in [2.24, 2.45) is 0 Å². The van der Waals surface area contributed by atoms with E-state index in [1.807, 2.05) is 57.2 Å². The third-order valence-corrected chi connectivity index (χ3v) is 6.25. The Labute approximate surface area is 201 Å². The van der Waals surface area contributed by atoms with Gasteiger partial charge in [-0.2, -0.15) is 0 Å². The monoisotopic (exact) mass is 471 g/mol. The molecule has 0 saturated carbocycles. The van der Waals surface area contributed by atoms with E-state index in [1.54, 1.807) is 0 Å². The summed E-state index contributed by atoms with van der Waals surface area (Å²) in [6, 6.07) is 11.7. The van der Waals surface area contributed by atoms with Crippen molar-refractivity contribution in [2.75, 3.05) is 18.5 Å². The first kappa shape index (κ1) is 23.9. The Bertz CT molecular complexity index is 979. The van der Waals surface area contributed by atoms with Gasteiger partial charge in [-0.25, -0.2) is 0 Å². The number of ether oxygens (including phenoxy) is 3. The average molecular weight is 472 g/mol. The lowest BCUT2D eigenvalue weighted by Gasteiger charge is -2.29. The molecule has 0 amide bonds. The predicted octanol–water partition coefficient (Wildman–Crippen LogP) is 6.27. The molecular formula is C27H34ClNO4. The number of hydrogen-bond acceptors (Lipinski definition) is 5. The van der Waals surface area contributed by atoms with Crippen molar-refractivity contribution in [3.8, 4) is 5.75 Å². The second-order valence-corrected chi connectivity index (χ2v) is 10.3. The summed E-state index contributed by atoms with van der Waals surface area (Å²) < 4.78 is 17.8. The van der Waals surface area contributed by atoms with Gasteiger partial charge in [0.2, 0.25) is 0 Å². The van der Waals surface area contributed by atoms with Gasteiger partial charge in [-0.05, 0) is 82.2 Å². The van der Waals surface area contributed by atoms with Gasteiger partial charge in [0.1, 0.15) is 17.5 Å². The van der Waals surface area contributed by atoms with E-state index in [9.17, 15) is 4.79 Å². The van der Waals surface area contributed by atoms with Gasteiger partial charge in [-0.1, -0.05) is 29.8 Å². The van der Waals surface area contributed by atoms with Crippen molar-refractivity contribution < 1.29 is 19.0 Å². The van der Waals surface area contributed by atoms with E-state index in [-0.39, 0.29) is 24.6 Å². The van der Waals surface area contributed by atoms with Gasteiger partial charge in [0, 0.05) is 29.4 Å². The van der Waals surface area contributed by atoms with Crippen LogP contribution in [0, 0.1) is 0 Å². The number of halogens is 1. The molecule has 4 rings (SSSR count). The Hall–Kier alpha value is -2.24. The number of carbonyl (C=O) groups excluding carboxylic acids is 1. The highest BCUT2D eigenvalue weighted by Crippen LogP contribution is 2.40. The summed E-state index contributed by atoms with van der Waals surface area (Å²) in [4.78, 5) is 12.4. The fourth-order valence-corrected chi connectivity index (χ4v) is 4.83. The van der Waals surface area contributed by atoms with E-state index >= 15 is 0 Å². The molecule has 178 valence electrons. The zero-order valence-electron chi connectivity index (χ0n) is 19.8. The maximum absolute atomic E-state index is 12.4. The fourth-order valence-electron chi connectivity index (χ4n) is 4.60. The van der Waals surface area contributed by atoms with E-state index in [4.69, 9.17) is 25.8 Å². The average Bonchev–Trinajstić information content (AvgIpc) is 3.26. The van der Waals surface area contributed by atoms with Gasteiger partial charge < -0.3 is 19.5 Å². The number of carbonyl (C=O) groups is 1. The molecule has 0 radical (unpaired) electrons. The van der Waals surface area contributed by atoms with Crippen molar-refractivity contribution >= 4 is 23.3 Å². The van der Waals surface area contributed by atoms with E-state index in [2.05, 4.69) is 5.32 Å². The highest BCUT2D eigenvalue weighted by molar-refractivity contribution is 6.31. The molecule has 2 aromatic carbocycles. The molecule has 1 fully saturated rings. The predicted molar refractivity (Wildman–Crippen MR) is 131 cm³/mol. The second kappa shape index (κ2) is 10.4. The first-order valence-corrected chi connectivity index (χ1v) is 12.3. The number of benzene rings is 2. The summed E-state index contributed by atoms with van der Waals surface area (Å²) in [5.74, 6) is 0.460. The van der Waals surface area contributed by atoms with Gasteiger partial charge in [0.15, 0.2) is 0 Å². The second-order valence-electron chi connectivity index (χ2n) is 9.91. The van der Waals surface area contributed by atoms with Crippen LogP contribution in [0.25, 0.3) is 0 Å². The van der Waals surface area contributed by atoms with Crippen LogP contribution < -0.4 is 10.1 Å². The molecule has 0 bridgehead atoms. The molecule has 0 spiro atoms. The molecule has 2 unspecified atom stereocenters. The molecule has 33 heavy (non-hydrogen) atoms. The van der Waals surface area contributed by atoms with Gasteiger partial charge >= 0.3 is 5.97 Å². The quantitative estimate of drug-likeness (QED) is 0.482. The van der Waals surface area contributed by atoms with Crippen LogP contribution >= 0.6 is 11.6 Å². The number of anilines is 1. The van der Waals surface area contributed by atoms with Crippen LogP contribution in [0.15, 0.2) is 36.4 Å². The maximum atomic E-state index is 12.4. The summed E-state index contributed by atoms with van der Waals surface area (Å²) in [5, 5.41) is 4.27. The van der Waals surface area contributed by atoms with Gasteiger partial charge in [-0.3, -0.25) is 4.79 Å². The minimum Gasteiger partial charge on any atom is -0.485 e. The van der Waals surface area contributed by atoms with Gasteiger partial charge in [-0.15, -0.1) is 0 Å². The molecule has 5 nitrogen and oxygen atoms in total. The van der Waals surface area contributed by atoms with Crippen LogP contribution in [0.3, 0.4) is 0 Å². The van der Waals surface area contributed by atoms with Crippen molar-refractivity contribution in [2.45, 2.75) is 77.1 Å². The van der Waals surface area contributed by atoms with E-state index in [1.165, 1.54) is 5.56 Å². The number of hydrogen-bond donors (Lipinski definition) is 1. The highest BCUT2D eigenvalue weighted by atomic mass is 35.5.